The van der Waals surface area contributed by atoms with Crippen LogP contribution >= 0.6 is 0 Å². The van der Waals surface area contributed by atoms with Crippen LogP contribution in [0.3, 0.4) is 0 Å². The number of hydrogen-bond acceptors (Lipinski definition) is 4. The highest BCUT2D eigenvalue weighted by atomic mass is 16.3. The van der Waals surface area contributed by atoms with Crippen molar-refractivity contribution in [3.8, 4) is 17.1 Å². The van der Waals surface area contributed by atoms with Crippen molar-refractivity contribution in [1.29, 1.82) is 0 Å². The zero-order valence-corrected chi connectivity index (χ0v) is 11.6. The van der Waals surface area contributed by atoms with E-state index in [2.05, 4.69) is 15.3 Å². The quantitative estimate of drug-likeness (QED) is 0.727. The summed E-state index contributed by atoms with van der Waals surface area (Å²) in [6, 6.07) is 15.2. The molecule has 0 fully saturated rings. The van der Waals surface area contributed by atoms with Gasteiger partial charge in [-0.05, 0) is 36.4 Å². The van der Waals surface area contributed by atoms with Crippen LogP contribution in [0, 0.1) is 0 Å². The van der Waals surface area contributed by atoms with Crippen LogP contribution in [0.4, 0.5) is 5.69 Å². The second kappa shape index (κ2) is 6.05. The maximum Gasteiger partial charge on any atom is 0.256 e. The van der Waals surface area contributed by atoms with Gasteiger partial charge in [-0.2, -0.15) is 0 Å². The van der Waals surface area contributed by atoms with Gasteiger partial charge in [-0.1, -0.05) is 18.2 Å². The molecule has 0 aliphatic heterocycles. The molecular formula is C17H13N3O2. The van der Waals surface area contributed by atoms with Gasteiger partial charge in [0.2, 0.25) is 0 Å². The van der Waals surface area contributed by atoms with Crippen molar-refractivity contribution in [2.75, 3.05) is 5.32 Å². The van der Waals surface area contributed by atoms with Gasteiger partial charge in [-0.25, -0.2) is 9.97 Å². The molecule has 0 saturated heterocycles. The van der Waals surface area contributed by atoms with E-state index in [1.54, 1.807) is 48.8 Å². The molecule has 108 valence electrons. The van der Waals surface area contributed by atoms with Crippen molar-refractivity contribution in [3.63, 3.8) is 0 Å². The number of nitrogens with one attached hydrogen (secondary N) is 1. The molecule has 0 saturated carbocycles. The Kier molecular flexibility index (Phi) is 3.78. The summed E-state index contributed by atoms with van der Waals surface area (Å²) in [7, 11) is 0. The predicted molar refractivity (Wildman–Crippen MR) is 83.5 cm³/mol. The molecule has 0 aliphatic carbocycles. The van der Waals surface area contributed by atoms with Gasteiger partial charge in [-0.15, -0.1) is 0 Å². The first-order valence-electron chi connectivity index (χ1n) is 6.71. The first-order valence-corrected chi connectivity index (χ1v) is 6.71. The van der Waals surface area contributed by atoms with Crippen molar-refractivity contribution < 1.29 is 9.90 Å². The van der Waals surface area contributed by atoms with Gasteiger partial charge in [0.15, 0.2) is 5.82 Å². The fourth-order valence-corrected chi connectivity index (χ4v) is 2.06. The summed E-state index contributed by atoms with van der Waals surface area (Å²) >= 11 is 0. The molecule has 2 N–H and O–H groups in total. The lowest BCUT2D eigenvalue weighted by atomic mass is 10.1. The lowest BCUT2D eigenvalue weighted by Crippen LogP contribution is -2.13. The van der Waals surface area contributed by atoms with Gasteiger partial charge in [0.1, 0.15) is 5.75 Å². The molecule has 0 spiro atoms. The topological polar surface area (TPSA) is 75.1 Å². The van der Waals surface area contributed by atoms with Gasteiger partial charge in [0.25, 0.3) is 5.91 Å². The van der Waals surface area contributed by atoms with E-state index < -0.39 is 0 Å². The van der Waals surface area contributed by atoms with E-state index in [9.17, 15) is 9.90 Å². The molecule has 1 amide bonds. The molecule has 0 aliphatic rings. The average Bonchev–Trinajstić information content (AvgIpc) is 2.58. The predicted octanol–water partition coefficient (Wildman–Crippen LogP) is 3.10. The van der Waals surface area contributed by atoms with Gasteiger partial charge in [-0.3, -0.25) is 4.79 Å². The number of rotatable bonds is 3. The first kappa shape index (κ1) is 13.8. The third-order valence-corrected chi connectivity index (χ3v) is 3.10. The van der Waals surface area contributed by atoms with Gasteiger partial charge < -0.3 is 10.4 Å². The van der Waals surface area contributed by atoms with Crippen LogP contribution in [0.15, 0.2) is 67.0 Å². The van der Waals surface area contributed by atoms with Crippen LogP contribution in [0.25, 0.3) is 11.4 Å². The molecule has 0 radical (unpaired) electrons. The third kappa shape index (κ3) is 2.93. The number of hydrogen-bond donors (Lipinski definition) is 2. The number of phenols is 1. The number of anilines is 1. The Hall–Kier alpha value is -3.21. The highest BCUT2D eigenvalue weighted by Crippen LogP contribution is 2.21. The number of nitrogens with zero attached hydrogens (tertiary/aromatic N) is 2. The lowest BCUT2D eigenvalue weighted by molar-refractivity contribution is 0.102. The maximum absolute atomic E-state index is 12.5. The van der Waals surface area contributed by atoms with E-state index in [-0.39, 0.29) is 11.7 Å². The summed E-state index contributed by atoms with van der Waals surface area (Å²) in [6.45, 7) is 0. The Morgan fingerprint density at radius 1 is 0.909 bits per heavy atom. The fourth-order valence-electron chi connectivity index (χ4n) is 2.06. The van der Waals surface area contributed by atoms with E-state index in [0.29, 0.717) is 22.6 Å². The summed E-state index contributed by atoms with van der Waals surface area (Å²) in [5.41, 5.74) is 1.76. The Labute approximate surface area is 127 Å². The number of benzene rings is 2. The Bertz CT molecular complexity index is 787. The molecule has 0 atom stereocenters. The van der Waals surface area contributed by atoms with E-state index in [1.165, 1.54) is 12.1 Å². The van der Waals surface area contributed by atoms with Crippen molar-refractivity contribution in [1.82, 2.24) is 9.97 Å². The van der Waals surface area contributed by atoms with E-state index in [0.717, 1.165) is 0 Å². The minimum Gasteiger partial charge on any atom is -0.508 e. The van der Waals surface area contributed by atoms with Crippen molar-refractivity contribution in [3.05, 3.63) is 72.6 Å². The van der Waals surface area contributed by atoms with E-state index in [1.807, 2.05) is 6.07 Å². The molecule has 1 aromatic heterocycles. The molecule has 5 nitrogen and oxygen atoms in total. The Morgan fingerprint density at radius 3 is 2.32 bits per heavy atom. The van der Waals surface area contributed by atoms with Crippen LogP contribution in [-0.2, 0) is 0 Å². The van der Waals surface area contributed by atoms with E-state index in [4.69, 9.17) is 0 Å². The molecule has 1 heterocycles. The van der Waals surface area contributed by atoms with Crippen LogP contribution in [0.2, 0.25) is 0 Å². The number of phenolic OH excluding ortho intramolecular Hbond substituents is 1. The molecular weight excluding hydrogens is 278 g/mol. The summed E-state index contributed by atoms with van der Waals surface area (Å²) in [4.78, 5) is 20.8. The van der Waals surface area contributed by atoms with Gasteiger partial charge in [0.05, 0.1) is 5.56 Å². The highest BCUT2D eigenvalue weighted by molar-refractivity contribution is 6.08. The highest BCUT2D eigenvalue weighted by Gasteiger charge is 2.14. The minimum atomic E-state index is -0.256. The maximum atomic E-state index is 12.5. The molecule has 5 heteroatoms. The number of aromatic hydroxyl groups is 1. The molecule has 0 unspecified atom stereocenters. The summed E-state index contributed by atoms with van der Waals surface area (Å²) in [5, 5.41) is 12.1. The lowest BCUT2D eigenvalue weighted by Gasteiger charge is -2.09. The standard InChI is InChI=1S/C17H13N3O2/c21-13-8-6-12(7-9-13)20-17(22)15-5-2-1-4-14(15)16-18-10-3-11-19-16/h1-11,21H,(H,20,22). The molecule has 3 rings (SSSR count). The second-order valence-electron chi connectivity index (χ2n) is 4.62. The number of carbonyl (C=O) groups is 1. The average molecular weight is 291 g/mol. The van der Waals surface area contributed by atoms with Gasteiger partial charge in [0, 0.05) is 23.6 Å². The molecule has 3 aromatic rings. The van der Waals surface area contributed by atoms with Crippen LogP contribution in [-0.4, -0.2) is 21.0 Å². The van der Waals surface area contributed by atoms with Crippen LogP contribution in [0.1, 0.15) is 10.4 Å². The second-order valence-corrected chi connectivity index (χ2v) is 4.62. The van der Waals surface area contributed by atoms with Crippen LogP contribution < -0.4 is 5.32 Å². The van der Waals surface area contributed by atoms with Crippen molar-refractivity contribution >= 4 is 11.6 Å². The first-order chi connectivity index (χ1) is 10.7. The largest absolute Gasteiger partial charge is 0.508 e. The Morgan fingerprint density at radius 2 is 1.59 bits per heavy atom. The molecule has 0 bridgehead atoms. The Balaban J connectivity index is 1.91. The fraction of sp³-hybridized carbons (Fsp3) is 0. The monoisotopic (exact) mass is 291 g/mol. The number of amides is 1. The minimum absolute atomic E-state index is 0.149. The van der Waals surface area contributed by atoms with Crippen molar-refractivity contribution in [2.24, 2.45) is 0 Å². The van der Waals surface area contributed by atoms with Crippen LogP contribution in [0.5, 0.6) is 5.75 Å². The van der Waals surface area contributed by atoms with Crippen molar-refractivity contribution in [2.45, 2.75) is 0 Å². The SMILES string of the molecule is O=C(Nc1ccc(O)cc1)c1ccccc1-c1ncccn1. The number of aromatic nitrogens is 2. The summed E-state index contributed by atoms with van der Waals surface area (Å²) < 4.78 is 0. The normalized spacial score (nSPS) is 10.2. The zero-order valence-electron chi connectivity index (χ0n) is 11.6. The zero-order chi connectivity index (χ0) is 15.4. The summed E-state index contributed by atoms with van der Waals surface area (Å²) in [5.74, 6) is 0.392. The number of carbonyl (C=O) groups excluding carboxylic acids is 1. The third-order valence-electron chi connectivity index (χ3n) is 3.10. The molecule has 22 heavy (non-hydrogen) atoms. The smallest absolute Gasteiger partial charge is 0.256 e. The summed E-state index contributed by atoms with van der Waals surface area (Å²) in [6.07, 6.45) is 3.27. The van der Waals surface area contributed by atoms with E-state index >= 15 is 0 Å². The molecule has 2 aromatic carbocycles. The van der Waals surface area contributed by atoms with Gasteiger partial charge >= 0.3 is 0 Å².